The number of nitrogens with zero attached hydrogens (tertiary/aromatic N) is 3. The minimum atomic E-state index is 0.186. The zero-order valence-corrected chi connectivity index (χ0v) is 28.2. The SMILES string of the molecule is COc1cccc(OC2=N/C(=C(/c3ccncc3)c3[nH]c(Oc4cccc(OC)c4)cc3C3CCCCC3)C(C3CCCCC3)=C2C#N)c1. The highest BCUT2D eigenvalue weighted by Gasteiger charge is 2.36. The lowest BCUT2D eigenvalue weighted by molar-refractivity contribution is 0.405. The van der Waals surface area contributed by atoms with Crippen LogP contribution in [0.1, 0.15) is 86.9 Å². The Bertz CT molecular complexity index is 1920. The number of allylic oxidation sites excluding steroid dienone is 1. The first kappa shape index (κ1) is 32.3. The molecule has 0 spiro atoms. The van der Waals surface area contributed by atoms with Crippen LogP contribution in [0.5, 0.6) is 28.9 Å². The third-order valence-corrected chi connectivity index (χ3v) is 9.93. The van der Waals surface area contributed by atoms with Crippen LogP contribution in [0.3, 0.4) is 0 Å². The molecular weight excluding hydrogens is 612 g/mol. The summed E-state index contributed by atoms with van der Waals surface area (Å²) in [6.07, 6.45) is 14.9. The van der Waals surface area contributed by atoms with Crippen LogP contribution in [0.25, 0.3) is 5.57 Å². The lowest BCUT2D eigenvalue weighted by atomic mass is 9.78. The quantitative estimate of drug-likeness (QED) is 0.193. The number of benzene rings is 2. The molecule has 2 saturated carbocycles. The number of hydrogen-bond donors (Lipinski definition) is 1. The van der Waals surface area contributed by atoms with E-state index in [1.807, 2.05) is 73.1 Å². The van der Waals surface area contributed by atoms with Crippen molar-refractivity contribution in [1.82, 2.24) is 9.97 Å². The number of H-pyrrole nitrogens is 1. The van der Waals surface area contributed by atoms with Crippen LogP contribution < -0.4 is 18.9 Å². The maximum atomic E-state index is 10.8. The molecule has 1 aliphatic heterocycles. The Morgan fingerprint density at radius 3 is 1.94 bits per heavy atom. The average molecular weight is 655 g/mol. The van der Waals surface area contributed by atoms with Gasteiger partial charge in [0.15, 0.2) is 5.88 Å². The summed E-state index contributed by atoms with van der Waals surface area (Å²) in [4.78, 5) is 13.3. The Labute approximate surface area is 288 Å². The van der Waals surface area contributed by atoms with E-state index in [9.17, 15) is 5.26 Å². The van der Waals surface area contributed by atoms with Gasteiger partial charge in [0.25, 0.3) is 0 Å². The monoisotopic (exact) mass is 654 g/mol. The minimum absolute atomic E-state index is 0.186. The third kappa shape index (κ3) is 6.98. The Hall–Kier alpha value is -5.29. The molecule has 2 aromatic carbocycles. The fourth-order valence-electron chi connectivity index (χ4n) is 7.54. The summed E-state index contributed by atoms with van der Waals surface area (Å²) in [6, 6.07) is 23.8. The summed E-state index contributed by atoms with van der Waals surface area (Å²) < 4.78 is 23.8. The summed E-state index contributed by atoms with van der Waals surface area (Å²) in [5.41, 5.74) is 6.30. The fourth-order valence-corrected chi connectivity index (χ4v) is 7.54. The summed E-state index contributed by atoms with van der Waals surface area (Å²) in [7, 11) is 3.28. The molecule has 0 amide bonds. The standard InChI is InChI=1S/C41H42N4O4/c1-46-30-15-9-17-32(23-30)48-36-25-34(27-11-5-3-6-12-27)39(44-36)38(29-19-21-43-22-20-29)40-37(28-13-7-4-8-14-28)35(26-42)41(45-40)49-33-18-10-16-31(24-33)47-2/h9-10,15-25,27-28,44H,3-8,11-14H2,1-2H3/b40-38-. The summed E-state index contributed by atoms with van der Waals surface area (Å²) in [5, 5.41) is 10.8. The Morgan fingerprint density at radius 1 is 0.735 bits per heavy atom. The third-order valence-electron chi connectivity index (χ3n) is 9.93. The van der Waals surface area contributed by atoms with Crippen LogP contribution in [0.2, 0.25) is 0 Å². The van der Waals surface area contributed by atoms with E-state index in [2.05, 4.69) is 22.1 Å². The molecule has 2 fully saturated rings. The first-order valence-electron chi connectivity index (χ1n) is 17.4. The summed E-state index contributed by atoms with van der Waals surface area (Å²) in [6.45, 7) is 0. The van der Waals surface area contributed by atoms with E-state index < -0.39 is 0 Å². The maximum Gasteiger partial charge on any atom is 0.238 e. The first-order chi connectivity index (χ1) is 24.1. The second-order valence-electron chi connectivity index (χ2n) is 13.0. The number of rotatable bonds is 9. The lowest BCUT2D eigenvalue weighted by Gasteiger charge is -2.26. The second kappa shape index (κ2) is 14.9. The molecule has 8 heteroatoms. The number of aromatic amines is 1. The largest absolute Gasteiger partial charge is 0.497 e. The van der Waals surface area contributed by atoms with Crippen molar-refractivity contribution < 1.29 is 18.9 Å². The Morgan fingerprint density at radius 2 is 1.33 bits per heavy atom. The molecule has 0 unspecified atom stereocenters. The number of aromatic nitrogens is 2. The van der Waals surface area contributed by atoms with Crippen molar-refractivity contribution in [2.24, 2.45) is 10.9 Å². The van der Waals surface area contributed by atoms with E-state index in [-0.39, 0.29) is 5.92 Å². The predicted molar refractivity (Wildman–Crippen MR) is 190 cm³/mol. The molecule has 0 saturated heterocycles. The number of methoxy groups -OCH3 is 2. The number of nitriles is 1. The number of nitrogens with one attached hydrogen (secondary N) is 1. The van der Waals surface area contributed by atoms with Gasteiger partial charge in [-0.2, -0.15) is 5.26 Å². The molecule has 3 aliphatic rings. The minimum Gasteiger partial charge on any atom is -0.497 e. The topological polar surface area (TPSA) is 102 Å². The van der Waals surface area contributed by atoms with E-state index in [1.54, 1.807) is 14.2 Å². The van der Waals surface area contributed by atoms with Crippen molar-refractivity contribution in [3.05, 3.63) is 113 Å². The highest BCUT2D eigenvalue weighted by atomic mass is 16.5. The Kier molecular flexibility index (Phi) is 9.79. The van der Waals surface area contributed by atoms with E-state index in [1.165, 1.54) is 31.2 Å². The normalized spacial score (nSPS) is 18.1. The summed E-state index contributed by atoms with van der Waals surface area (Å²) >= 11 is 0. The van der Waals surface area contributed by atoms with Crippen LogP contribution in [-0.4, -0.2) is 30.1 Å². The highest BCUT2D eigenvalue weighted by Crippen LogP contribution is 2.47. The fraction of sp³-hybridized carbons (Fsp3) is 0.341. The van der Waals surface area contributed by atoms with Gasteiger partial charge in [-0.05, 0) is 85.0 Å². The van der Waals surface area contributed by atoms with E-state index in [0.29, 0.717) is 40.5 Å². The van der Waals surface area contributed by atoms with Crippen LogP contribution >= 0.6 is 0 Å². The second-order valence-corrected chi connectivity index (χ2v) is 13.0. The van der Waals surface area contributed by atoms with Gasteiger partial charge in [-0.1, -0.05) is 50.7 Å². The molecule has 7 rings (SSSR count). The van der Waals surface area contributed by atoms with Gasteiger partial charge < -0.3 is 23.9 Å². The number of aliphatic imine (C=N–C) groups is 1. The van der Waals surface area contributed by atoms with Gasteiger partial charge in [0, 0.05) is 41.7 Å². The van der Waals surface area contributed by atoms with Crippen molar-refractivity contribution in [1.29, 1.82) is 5.26 Å². The van der Waals surface area contributed by atoms with Crippen LogP contribution in [-0.2, 0) is 0 Å². The van der Waals surface area contributed by atoms with Crippen molar-refractivity contribution in [3.8, 4) is 34.9 Å². The van der Waals surface area contributed by atoms with Gasteiger partial charge in [0.1, 0.15) is 34.6 Å². The summed E-state index contributed by atoms with van der Waals surface area (Å²) in [5.74, 6) is 4.16. The first-order valence-corrected chi connectivity index (χ1v) is 17.4. The van der Waals surface area contributed by atoms with E-state index >= 15 is 0 Å². The van der Waals surface area contributed by atoms with E-state index in [0.717, 1.165) is 72.4 Å². The van der Waals surface area contributed by atoms with Crippen LogP contribution in [0, 0.1) is 17.2 Å². The molecule has 0 radical (unpaired) electrons. The molecule has 1 N–H and O–H groups in total. The molecular formula is C41H42N4O4. The van der Waals surface area contributed by atoms with Crippen LogP contribution in [0.4, 0.5) is 0 Å². The van der Waals surface area contributed by atoms with Crippen molar-refractivity contribution in [3.63, 3.8) is 0 Å². The zero-order chi connectivity index (χ0) is 33.6. The van der Waals surface area contributed by atoms with Crippen LogP contribution in [0.15, 0.2) is 101 Å². The highest BCUT2D eigenvalue weighted by molar-refractivity contribution is 6.06. The van der Waals surface area contributed by atoms with Gasteiger partial charge in [0.05, 0.1) is 25.6 Å². The Balaban J connectivity index is 1.44. The maximum absolute atomic E-state index is 10.8. The van der Waals surface area contributed by atoms with Gasteiger partial charge in [-0.3, -0.25) is 4.98 Å². The zero-order valence-electron chi connectivity index (χ0n) is 28.2. The number of pyridine rings is 1. The number of hydrogen-bond acceptors (Lipinski definition) is 7. The average Bonchev–Trinajstić information content (AvgIpc) is 3.74. The van der Waals surface area contributed by atoms with Gasteiger partial charge in [0.2, 0.25) is 5.90 Å². The number of ether oxygens (including phenoxy) is 4. The van der Waals surface area contributed by atoms with E-state index in [4.69, 9.17) is 23.9 Å². The smallest absolute Gasteiger partial charge is 0.238 e. The molecule has 0 atom stereocenters. The molecule has 250 valence electrons. The predicted octanol–water partition coefficient (Wildman–Crippen LogP) is 9.92. The lowest BCUT2D eigenvalue weighted by Crippen LogP contribution is -2.14. The van der Waals surface area contributed by atoms with Gasteiger partial charge >= 0.3 is 0 Å². The molecule has 49 heavy (non-hydrogen) atoms. The van der Waals surface area contributed by atoms with Gasteiger partial charge in [-0.25, -0.2) is 4.99 Å². The molecule has 3 heterocycles. The molecule has 0 bridgehead atoms. The molecule has 8 nitrogen and oxygen atoms in total. The molecule has 2 aliphatic carbocycles. The van der Waals surface area contributed by atoms with Crippen molar-refractivity contribution in [2.75, 3.05) is 14.2 Å². The van der Waals surface area contributed by atoms with Crippen molar-refractivity contribution >= 4 is 11.5 Å². The van der Waals surface area contributed by atoms with Gasteiger partial charge in [-0.15, -0.1) is 0 Å². The molecule has 4 aromatic rings. The molecule has 2 aromatic heterocycles. The van der Waals surface area contributed by atoms with Crippen molar-refractivity contribution in [2.45, 2.75) is 70.1 Å².